The molecule has 1 aromatic carbocycles. The number of carbonyl (C=O) groups is 3. The number of rotatable bonds is 5. The maximum absolute atomic E-state index is 12.9. The molecule has 240 valence electrons. The van der Waals surface area contributed by atoms with Crippen LogP contribution in [0.15, 0.2) is 52.4 Å². The molecule has 0 spiro atoms. The highest BCUT2D eigenvalue weighted by molar-refractivity contribution is 6.09. The number of aromatic amines is 1. The summed E-state index contributed by atoms with van der Waals surface area (Å²) in [4.78, 5) is 71.6. The normalized spacial score (nSPS) is 14.3. The molecule has 2 aromatic heterocycles. The number of nitrogens with zero attached hydrogens (tertiary/aromatic N) is 6. The van der Waals surface area contributed by atoms with E-state index in [1.807, 2.05) is 6.07 Å². The van der Waals surface area contributed by atoms with Crippen molar-refractivity contribution in [1.82, 2.24) is 24.8 Å². The van der Waals surface area contributed by atoms with Crippen LogP contribution in [0.25, 0.3) is 10.9 Å². The number of piperazine rings is 1. The van der Waals surface area contributed by atoms with Gasteiger partial charge in [0.1, 0.15) is 22.8 Å². The van der Waals surface area contributed by atoms with E-state index >= 15 is 0 Å². The van der Waals surface area contributed by atoms with Crippen LogP contribution in [-0.4, -0.2) is 93.1 Å². The number of ether oxygens (including phenoxy) is 2. The van der Waals surface area contributed by atoms with Crippen molar-refractivity contribution in [1.29, 1.82) is 0 Å². The number of hydrogen-bond acceptors (Lipinski definition) is 9. The molecule has 3 heterocycles. The summed E-state index contributed by atoms with van der Waals surface area (Å²) in [5.41, 5.74) is -0.702. The van der Waals surface area contributed by atoms with E-state index in [0.717, 1.165) is 4.90 Å². The molecule has 1 N–H and O–H groups in total. The van der Waals surface area contributed by atoms with Crippen LogP contribution in [0.4, 0.5) is 15.4 Å². The molecule has 1 aliphatic rings. The molecule has 3 amide bonds. The number of amides is 3. The number of fused-ring (bicyclic) bond motifs is 1. The van der Waals surface area contributed by atoms with Crippen molar-refractivity contribution in [2.45, 2.75) is 65.6 Å². The Morgan fingerprint density at radius 1 is 0.956 bits per heavy atom. The number of para-hydroxylation sites is 1. The zero-order chi connectivity index (χ0) is 32.9. The van der Waals surface area contributed by atoms with Crippen LogP contribution in [0.1, 0.15) is 59.4 Å². The Bertz CT molecular complexity index is 1630. The molecule has 45 heavy (non-hydrogen) atoms. The number of anilines is 1. The zero-order valence-corrected chi connectivity index (χ0v) is 26.9. The molecule has 0 bridgehead atoms. The van der Waals surface area contributed by atoms with E-state index in [-0.39, 0.29) is 23.7 Å². The first-order valence-electron chi connectivity index (χ1n) is 14.8. The van der Waals surface area contributed by atoms with Crippen molar-refractivity contribution in [2.24, 2.45) is 4.99 Å². The van der Waals surface area contributed by atoms with Crippen LogP contribution in [0, 0.1) is 0 Å². The van der Waals surface area contributed by atoms with Gasteiger partial charge in [-0.15, -0.1) is 0 Å². The van der Waals surface area contributed by atoms with Crippen molar-refractivity contribution < 1.29 is 23.9 Å². The summed E-state index contributed by atoms with van der Waals surface area (Å²) < 4.78 is 10.8. The smallest absolute Gasteiger partial charge is 0.436 e. The lowest BCUT2D eigenvalue weighted by Crippen LogP contribution is -2.49. The van der Waals surface area contributed by atoms with E-state index < -0.39 is 23.4 Å². The molecule has 0 unspecified atom stereocenters. The quantitative estimate of drug-likeness (QED) is 0.328. The predicted molar refractivity (Wildman–Crippen MR) is 170 cm³/mol. The molecule has 0 atom stereocenters. The first kappa shape index (κ1) is 33.1. The van der Waals surface area contributed by atoms with Crippen molar-refractivity contribution in [3.05, 3.63) is 64.3 Å². The predicted octanol–water partition coefficient (Wildman–Crippen LogP) is 4.15. The molecular weight excluding hydrogens is 578 g/mol. The van der Waals surface area contributed by atoms with Crippen LogP contribution in [0.2, 0.25) is 0 Å². The van der Waals surface area contributed by atoms with Gasteiger partial charge in [-0.05, 0) is 65.8 Å². The number of carbonyl (C=O) groups excluding carboxylic acids is 3. The Morgan fingerprint density at radius 3 is 2.24 bits per heavy atom. The van der Waals surface area contributed by atoms with Crippen molar-refractivity contribution in [3.63, 3.8) is 0 Å². The fourth-order valence-electron chi connectivity index (χ4n) is 4.65. The number of aryl methyl sites for hydroxylation is 1. The van der Waals surface area contributed by atoms with E-state index in [0.29, 0.717) is 60.7 Å². The maximum atomic E-state index is 12.9. The van der Waals surface area contributed by atoms with Gasteiger partial charge >= 0.3 is 12.2 Å². The van der Waals surface area contributed by atoms with Gasteiger partial charge in [-0.2, -0.15) is 4.99 Å². The molecule has 13 nitrogen and oxygen atoms in total. The summed E-state index contributed by atoms with van der Waals surface area (Å²) in [5.74, 6) is 1.19. The molecule has 0 aliphatic carbocycles. The Morgan fingerprint density at radius 2 is 1.62 bits per heavy atom. The van der Waals surface area contributed by atoms with Crippen molar-refractivity contribution in [3.8, 4) is 0 Å². The van der Waals surface area contributed by atoms with Gasteiger partial charge in [0.25, 0.3) is 5.56 Å². The third-order valence-corrected chi connectivity index (χ3v) is 6.78. The van der Waals surface area contributed by atoms with Gasteiger partial charge in [-0.3, -0.25) is 14.5 Å². The van der Waals surface area contributed by atoms with Crippen molar-refractivity contribution >= 4 is 40.7 Å². The second-order valence-electron chi connectivity index (χ2n) is 12.8. The number of pyridine rings is 1. The fourth-order valence-corrected chi connectivity index (χ4v) is 4.65. The molecule has 0 saturated carbocycles. The Balaban J connectivity index is 1.39. The molecule has 0 radical (unpaired) electrons. The summed E-state index contributed by atoms with van der Waals surface area (Å²) in [6, 6.07) is 10.6. The van der Waals surface area contributed by atoms with Gasteiger partial charge in [-0.1, -0.05) is 12.1 Å². The summed E-state index contributed by atoms with van der Waals surface area (Å²) in [6.45, 7) is 12.6. The fraction of sp³-hybridized carbons (Fsp3) is 0.469. The van der Waals surface area contributed by atoms with Crippen molar-refractivity contribution in [2.75, 3.05) is 38.1 Å². The minimum absolute atomic E-state index is 0.0121. The highest BCUT2D eigenvalue weighted by Gasteiger charge is 2.27. The number of benzene rings is 1. The largest absolute Gasteiger partial charge is 0.443 e. The number of hydrogen-bond donors (Lipinski definition) is 1. The second kappa shape index (κ2) is 13.4. The Kier molecular flexibility index (Phi) is 9.89. The lowest BCUT2D eigenvalue weighted by molar-refractivity contribution is -0.131. The highest BCUT2D eigenvalue weighted by Crippen LogP contribution is 2.18. The molecule has 1 fully saturated rings. The van der Waals surface area contributed by atoms with E-state index in [1.54, 1.807) is 76.8 Å². The maximum Gasteiger partial charge on any atom is 0.436 e. The topological polar surface area (TPSA) is 150 Å². The van der Waals surface area contributed by atoms with E-state index in [1.165, 1.54) is 13.2 Å². The molecule has 13 heteroatoms. The lowest BCUT2D eigenvalue weighted by Gasteiger charge is -2.35. The van der Waals surface area contributed by atoms with Crippen LogP contribution in [-0.2, 0) is 20.7 Å². The molecule has 1 saturated heterocycles. The van der Waals surface area contributed by atoms with Gasteiger partial charge in [0.05, 0.1) is 10.9 Å². The third-order valence-electron chi connectivity index (χ3n) is 6.78. The van der Waals surface area contributed by atoms with Crippen LogP contribution in [0.5, 0.6) is 0 Å². The van der Waals surface area contributed by atoms with Gasteiger partial charge in [0.15, 0.2) is 5.84 Å². The average molecular weight is 620 g/mol. The minimum Gasteiger partial charge on any atom is -0.443 e. The average Bonchev–Trinajstić information content (AvgIpc) is 2.97. The highest BCUT2D eigenvalue weighted by atomic mass is 16.6. The first-order chi connectivity index (χ1) is 21.1. The Hall–Kier alpha value is -4.81. The third kappa shape index (κ3) is 9.10. The van der Waals surface area contributed by atoms with E-state index in [4.69, 9.17) is 9.47 Å². The summed E-state index contributed by atoms with van der Waals surface area (Å²) >= 11 is 0. The monoisotopic (exact) mass is 619 g/mol. The Labute approximate surface area is 262 Å². The first-order valence-corrected chi connectivity index (χ1v) is 14.8. The van der Waals surface area contributed by atoms with Gasteiger partial charge in [-0.25, -0.2) is 19.6 Å². The summed E-state index contributed by atoms with van der Waals surface area (Å²) in [7, 11) is 1.47. The van der Waals surface area contributed by atoms with Crippen LogP contribution >= 0.6 is 0 Å². The number of aliphatic imine (C=N–C) groups is 1. The standard InChI is InChI=1S/C32H41N7O6/c1-31(2,3)44-29(42)36-27(37(7)30(43)45-32(4,5)6)21-12-14-25(33-20-21)38-16-18-39(19-17-38)26(40)15-13-24-34-23-11-9-8-10-22(23)28(41)35-24/h8-12,14,20H,13,15-19H2,1-7H3,(H,34,35,41)/b36-27+. The SMILES string of the molecule is CN(C(=O)OC(C)(C)C)/C(=N/C(=O)OC(C)(C)C)c1ccc(N2CCN(C(=O)CCc3nc4ccccc4c(=O)[nH]3)CC2)nc1. The molecule has 3 aromatic rings. The number of aromatic nitrogens is 3. The summed E-state index contributed by atoms with van der Waals surface area (Å²) in [5, 5.41) is 0.520. The van der Waals surface area contributed by atoms with E-state index in [9.17, 15) is 19.2 Å². The van der Waals surface area contributed by atoms with Gasteiger partial charge in [0.2, 0.25) is 5.91 Å². The lowest BCUT2D eigenvalue weighted by atomic mass is 10.2. The molecular formula is C32H41N7O6. The van der Waals surface area contributed by atoms with Crippen LogP contribution in [0.3, 0.4) is 0 Å². The van der Waals surface area contributed by atoms with Gasteiger partial charge in [0, 0.05) is 57.8 Å². The molecule has 4 rings (SSSR count). The number of amidine groups is 1. The summed E-state index contributed by atoms with van der Waals surface area (Å²) in [6.07, 6.45) is 0.582. The number of nitrogens with one attached hydrogen (secondary N) is 1. The van der Waals surface area contributed by atoms with E-state index in [2.05, 4.69) is 24.8 Å². The minimum atomic E-state index is -0.847. The second-order valence-corrected chi connectivity index (χ2v) is 12.8. The zero-order valence-electron chi connectivity index (χ0n) is 26.9. The number of H-pyrrole nitrogens is 1. The van der Waals surface area contributed by atoms with Crippen LogP contribution < -0.4 is 10.5 Å². The van der Waals surface area contributed by atoms with Gasteiger partial charge < -0.3 is 24.3 Å². The molecule has 1 aliphatic heterocycles.